The second kappa shape index (κ2) is 6.47. The molecule has 6 nitrogen and oxygen atoms in total. The number of hydrogen-bond donors (Lipinski definition) is 2. The number of aromatic nitrogens is 2. The van der Waals surface area contributed by atoms with Crippen LogP contribution in [-0.2, 0) is 4.79 Å². The minimum Gasteiger partial charge on any atom is -0.478 e. The molecule has 1 heterocycles. The summed E-state index contributed by atoms with van der Waals surface area (Å²) in [5, 5.41) is 11.9. The maximum absolute atomic E-state index is 12.0. The zero-order valence-electron chi connectivity index (χ0n) is 10.8. The molecule has 2 N–H and O–H groups in total. The molecule has 0 aliphatic heterocycles. The highest BCUT2D eigenvalue weighted by molar-refractivity contribution is 7.09. The van der Waals surface area contributed by atoms with Crippen LogP contribution < -0.4 is 5.32 Å². The highest BCUT2D eigenvalue weighted by Crippen LogP contribution is 2.20. The lowest BCUT2D eigenvalue weighted by atomic mass is 10.1. The summed E-state index contributed by atoms with van der Waals surface area (Å²) in [6, 6.07) is 4.59. The van der Waals surface area contributed by atoms with Crippen molar-refractivity contribution < 1.29 is 14.7 Å². The SMILES string of the molecule is Cc1nsc(NC(=O)c2ccc(/C=C/C(=O)O)c(Cl)c2)n1. The van der Waals surface area contributed by atoms with E-state index in [1.165, 1.54) is 12.1 Å². The van der Waals surface area contributed by atoms with Crippen molar-refractivity contribution in [3.63, 3.8) is 0 Å². The van der Waals surface area contributed by atoms with Crippen molar-refractivity contribution in [3.8, 4) is 0 Å². The fourth-order valence-corrected chi connectivity index (χ4v) is 2.30. The molecule has 0 aliphatic rings. The number of nitrogens with one attached hydrogen (secondary N) is 1. The number of halogens is 1. The van der Waals surface area contributed by atoms with Crippen LogP contribution in [0.1, 0.15) is 21.7 Å². The van der Waals surface area contributed by atoms with Gasteiger partial charge in [0.2, 0.25) is 5.13 Å². The second-order valence-corrected chi connectivity index (χ2v) is 5.17. The first kappa shape index (κ1) is 15.1. The van der Waals surface area contributed by atoms with Gasteiger partial charge in [0.25, 0.3) is 5.91 Å². The van der Waals surface area contributed by atoms with Crippen molar-refractivity contribution in [2.45, 2.75) is 6.92 Å². The lowest BCUT2D eigenvalue weighted by Crippen LogP contribution is -2.11. The summed E-state index contributed by atoms with van der Waals surface area (Å²) in [5.74, 6) is -0.844. The Bertz CT molecular complexity index is 727. The molecule has 0 saturated carbocycles. The number of hydrogen-bond acceptors (Lipinski definition) is 5. The summed E-state index contributed by atoms with van der Waals surface area (Å²) in [6.07, 6.45) is 2.34. The molecule has 0 spiro atoms. The van der Waals surface area contributed by atoms with Crippen molar-refractivity contribution in [2.24, 2.45) is 0 Å². The van der Waals surface area contributed by atoms with Gasteiger partial charge in [0.15, 0.2) is 0 Å². The van der Waals surface area contributed by atoms with E-state index in [0.717, 1.165) is 17.6 Å². The number of carbonyl (C=O) groups is 2. The lowest BCUT2D eigenvalue weighted by molar-refractivity contribution is -0.131. The van der Waals surface area contributed by atoms with Gasteiger partial charge in [-0.25, -0.2) is 9.78 Å². The zero-order chi connectivity index (χ0) is 15.4. The number of anilines is 1. The van der Waals surface area contributed by atoms with Crippen molar-refractivity contribution in [2.75, 3.05) is 5.32 Å². The van der Waals surface area contributed by atoms with Crippen LogP contribution in [0.15, 0.2) is 24.3 Å². The Morgan fingerprint density at radius 2 is 2.19 bits per heavy atom. The first-order valence-electron chi connectivity index (χ1n) is 5.78. The van der Waals surface area contributed by atoms with Gasteiger partial charge in [-0.1, -0.05) is 17.7 Å². The average Bonchev–Trinajstić information content (AvgIpc) is 2.82. The van der Waals surface area contributed by atoms with Gasteiger partial charge in [0, 0.05) is 28.2 Å². The number of aliphatic carboxylic acids is 1. The Morgan fingerprint density at radius 3 is 2.76 bits per heavy atom. The van der Waals surface area contributed by atoms with Gasteiger partial charge in [-0.05, 0) is 30.7 Å². The molecule has 1 amide bonds. The van der Waals surface area contributed by atoms with Crippen molar-refractivity contribution in [1.82, 2.24) is 9.36 Å². The molecule has 0 saturated heterocycles. The maximum atomic E-state index is 12.0. The molecule has 0 atom stereocenters. The number of carboxylic acid groups (broad SMARTS) is 1. The van der Waals surface area contributed by atoms with E-state index in [2.05, 4.69) is 14.7 Å². The molecule has 1 aromatic heterocycles. The average molecular weight is 324 g/mol. The van der Waals surface area contributed by atoms with E-state index in [4.69, 9.17) is 16.7 Å². The zero-order valence-corrected chi connectivity index (χ0v) is 12.4. The molecule has 0 fully saturated rings. The predicted molar refractivity (Wildman–Crippen MR) is 80.7 cm³/mol. The van der Waals surface area contributed by atoms with E-state index >= 15 is 0 Å². The molecular formula is C13H10ClN3O3S. The number of aryl methyl sites for hydroxylation is 1. The number of carboxylic acids is 1. The van der Waals surface area contributed by atoms with Crippen molar-refractivity contribution in [1.29, 1.82) is 0 Å². The largest absolute Gasteiger partial charge is 0.478 e. The summed E-state index contributed by atoms with van der Waals surface area (Å²) in [5.41, 5.74) is 0.864. The maximum Gasteiger partial charge on any atom is 0.328 e. The number of rotatable bonds is 4. The Kier molecular flexibility index (Phi) is 4.66. The molecular weight excluding hydrogens is 314 g/mol. The highest BCUT2D eigenvalue weighted by atomic mass is 35.5. The van der Waals surface area contributed by atoms with Crippen LogP contribution in [0.4, 0.5) is 5.13 Å². The Morgan fingerprint density at radius 1 is 1.43 bits per heavy atom. The summed E-state index contributed by atoms with van der Waals surface area (Å²) < 4.78 is 3.96. The molecule has 21 heavy (non-hydrogen) atoms. The topological polar surface area (TPSA) is 92.2 Å². The molecule has 1 aromatic carbocycles. The number of amides is 1. The van der Waals surface area contributed by atoms with E-state index in [-0.39, 0.29) is 10.9 Å². The first-order valence-corrected chi connectivity index (χ1v) is 6.93. The second-order valence-electron chi connectivity index (χ2n) is 4.01. The number of benzene rings is 1. The van der Waals surface area contributed by atoms with Crippen LogP contribution in [-0.4, -0.2) is 26.3 Å². The van der Waals surface area contributed by atoms with Gasteiger partial charge in [-0.15, -0.1) is 0 Å². The normalized spacial score (nSPS) is 10.8. The van der Waals surface area contributed by atoms with E-state index < -0.39 is 5.97 Å². The molecule has 0 unspecified atom stereocenters. The van der Waals surface area contributed by atoms with Crippen LogP contribution in [0, 0.1) is 6.92 Å². The molecule has 8 heteroatoms. The van der Waals surface area contributed by atoms with Crippen LogP contribution >= 0.6 is 23.1 Å². The minimum atomic E-state index is -1.07. The molecule has 0 bridgehead atoms. The van der Waals surface area contributed by atoms with Gasteiger partial charge >= 0.3 is 5.97 Å². The fraction of sp³-hybridized carbons (Fsp3) is 0.0769. The first-order chi connectivity index (χ1) is 9.95. The molecule has 108 valence electrons. The summed E-state index contributed by atoms with van der Waals surface area (Å²) in [7, 11) is 0. The standard InChI is InChI=1S/C13H10ClN3O3S/c1-7-15-13(21-17-7)16-12(20)9-3-2-8(10(14)6-9)4-5-11(18)19/h2-6H,1H3,(H,18,19)(H,15,16,17,20)/b5-4+. The summed E-state index contributed by atoms with van der Waals surface area (Å²) >= 11 is 7.10. The van der Waals surface area contributed by atoms with Crippen LogP contribution in [0.3, 0.4) is 0 Å². The van der Waals surface area contributed by atoms with Gasteiger partial charge in [0.1, 0.15) is 5.82 Å². The quantitative estimate of drug-likeness (QED) is 0.844. The minimum absolute atomic E-state index is 0.286. The van der Waals surface area contributed by atoms with Crippen LogP contribution in [0.5, 0.6) is 0 Å². The molecule has 0 aliphatic carbocycles. The monoisotopic (exact) mass is 323 g/mol. The number of carbonyl (C=O) groups excluding carboxylic acids is 1. The highest BCUT2D eigenvalue weighted by Gasteiger charge is 2.10. The van der Waals surface area contributed by atoms with Crippen molar-refractivity contribution in [3.05, 3.63) is 46.2 Å². The van der Waals surface area contributed by atoms with Gasteiger partial charge in [-0.3, -0.25) is 10.1 Å². The molecule has 0 radical (unpaired) electrons. The third kappa shape index (κ3) is 4.11. The van der Waals surface area contributed by atoms with Gasteiger partial charge < -0.3 is 5.11 Å². The Hall–Kier alpha value is -2.25. The lowest BCUT2D eigenvalue weighted by Gasteiger charge is -2.04. The Balaban J connectivity index is 2.15. The van der Waals surface area contributed by atoms with E-state index in [0.29, 0.717) is 22.1 Å². The number of nitrogens with zero attached hydrogens (tertiary/aromatic N) is 2. The van der Waals surface area contributed by atoms with E-state index in [1.807, 2.05) is 0 Å². The van der Waals surface area contributed by atoms with Crippen molar-refractivity contribution >= 4 is 46.2 Å². The van der Waals surface area contributed by atoms with Gasteiger partial charge in [0.05, 0.1) is 0 Å². The third-order valence-corrected chi connectivity index (χ3v) is 3.47. The van der Waals surface area contributed by atoms with Crippen LogP contribution in [0.25, 0.3) is 6.08 Å². The summed E-state index contributed by atoms with van der Waals surface area (Å²) in [4.78, 5) is 26.5. The van der Waals surface area contributed by atoms with Crippen LogP contribution in [0.2, 0.25) is 5.02 Å². The summed E-state index contributed by atoms with van der Waals surface area (Å²) in [6.45, 7) is 1.73. The fourth-order valence-electron chi connectivity index (χ4n) is 1.48. The molecule has 2 rings (SSSR count). The third-order valence-electron chi connectivity index (χ3n) is 2.42. The Labute approximate surface area is 129 Å². The van der Waals surface area contributed by atoms with Gasteiger partial charge in [-0.2, -0.15) is 4.37 Å². The molecule has 2 aromatic rings. The smallest absolute Gasteiger partial charge is 0.328 e. The predicted octanol–water partition coefficient (Wildman–Crippen LogP) is 2.85. The van der Waals surface area contributed by atoms with E-state index in [1.54, 1.807) is 19.1 Å². The van der Waals surface area contributed by atoms with E-state index in [9.17, 15) is 9.59 Å².